The molecule has 1 aliphatic rings. The lowest BCUT2D eigenvalue weighted by Crippen LogP contribution is -2.49. The highest BCUT2D eigenvalue weighted by Gasteiger charge is 2.29. The van der Waals surface area contributed by atoms with Gasteiger partial charge in [-0.15, -0.1) is 0 Å². The Morgan fingerprint density at radius 3 is 2.30 bits per heavy atom. The van der Waals surface area contributed by atoms with Crippen LogP contribution < -0.4 is 20.5 Å². The predicted molar refractivity (Wildman–Crippen MR) is 147 cm³/mol. The van der Waals surface area contributed by atoms with Crippen molar-refractivity contribution in [1.29, 1.82) is 0 Å². The van der Waals surface area contributed by atoms with E-state index in [1.807, 2.05) is 72.6 Å². The Bertz CT molecular complexity index is 1130. The maximum atomic E-state index is 13.6. The fourth-order valence-electron chi connectivity index (χ4n) is 4.93. The van der Waals surface area contributed by atoms with Crippen LogP contribution in [0.4, 0.5) is 0 Å². The third-order valence-corrected chi connectivity index (χ3v) is 7.23. The highest BCUT2D eigenvalue weighted by Crippen LogP contribution is 2.29. The Kier molecular flexibility index (Phi) is 9.58. The summed E-state index contributed by atoms with van der Waals surface area (Å²) in [5, 5.41) is 3.53. The number of carbonyl (C=O) groups excluding carboxylic acids is 1. The first-order valence-electron chi connectivity index (χ1n) is 13.2. The van der Waals surface area contributed by atoms with Crippen LogP contribution in [0.3, 0.4) is 0 Å². The third kappa shape index (κ3) is 7.34. The summed E-state index contributed by atoms with van der Waals surface area (Å²) in [6.45, 7) is 1.53. The van der Waals surface area contributed by atoms with Crippen LogP contribution in [0, 0.1) is 0 Å². The molecule has 0 aliphatic heterocycles. The quantitative estimate of drug-likeness (QED) is 0.372. The van der Waals surface area contributed by atoms with Crippen molar-refractivity contribution in [2.75, 3.05) is 14.2 Å². The number of likely N-dealkylation sites (N-methyl/N-ethyl adjacent to an activating group) is 1. The monoisotopic (exact) mass is 501 g/mol. The van der Waals surface area contributed by atoms with Crippen molar-refractivity contribution < 1.29 is 14.3 Å². The molecule has 1 amide bonds. The van der Waals surface area contributed by atoms with Gasteiger partial charge in [0.25, 0.3) is 0 Å². The number of hydrogen-bond donors (Lipinski definition) is 2. The molecule has 0 unspecified atom stereocenters. The van der Waals surface area contributed by atoms with Crippen molar-refractivity contribution in [3.63, 3.8) is 0 Å². The minimum atomic E-state index is -0.325. The maximum Gasteiger partial charge on any atom is 0.240 e. The number of hydrogen-bond acceptors (Lipinski definition) is 5. The first-order valence-corrected chi connectivity index (χ1v) is 13.2. The van der Waals surface area contributed by atoms with Gasteiger partial charge in [0.1, 0.15) is 6.61 Å². The number of methoxy groups -OCH3 is 1. The lowest BCUT2D eigenvalue weighted by molar-refractivity contribution is -0.134. The number of nitrogens with two attached hydrogens (primary N) is 1. The van der Waals surface area contributed by atoms with Gasteiger partial charge >= 0.3 is 0 Å². The molecule has 1 aliphatic carbocycles. The Morgan fingerprint density at radius 2 is 1.62 bits per heavy atom. The van der Waals surface area contributed by atoms with E-state index in [9.17, 15) is 4.79 Å². The summed E-state index contributed by atoms with van der Waals surface area (Å²) in [6.07, 6.45) is 5.18. The Hall–Kier alpha value is -3.35. The highest BCUT2D eigenvalue weighted by atomic mass is 16.5. The van der Waals surface area contributed by atoms with Crippen LogP contribution in [0.25, 0.3) is 0 Å². The second kappa shape index (κ2) is 13.3. The molecule has 6 heteroatoms. The molecule has 0 bridgehead atoms. The van der Waals surface area contributed by atoms with E-state index in [1.54, 1.807) is 7.11 Å². The fourth-order valence-corrected chi connectivity index (χ4v) is 4.93. The molecule has 6 nitrogen and oxygen atoms in total. The molecule has 3 aromatic rings. The van der Waals surface area contributed by atoms with Gasteiger partial charge in [0.15, 0.2) is 11.5 Å². The standard InChI is InChI=1S/C31H39N3O3/c1-34(27-10-6-7-11-27)31(35)28(18-23-12-14-24(20-32)15-13-23)33-21-26-16-17-29(30(19-26)36-2)37-22-25-8-4-3-5-9-25/h3-5,8-9,12-17,19,27-28,33H,6-7,10-11,18,20-22,32H2,1-2H3/t28-/m0/s1. The molecule has 1 atom stereocenters. The van der Waals surface area contributed by atoms with Gasteiger partial charge in [0, 0.05) is 26.2 Å². The van der Waals surface area contributed by atoms with Crippen LogP contribution in [0.5, 0.6) is 11.5 Å². The normalized spacial score (nSPS) is 14.4. The third-order valence-electron chi connectivity index (χ3n) is 7.23. The molecular weight excluding hydrogens is 462 g/mol. The SMILES string of the molecule is COc1cc(CN[C@@H](Cc2ccc(CN)cc2)C(=O)N(C)C2CCCC2)ccc1OCc1ccccc1. The van der Waals surface area contributed by atoms with Crippen molar-refractivity contribution in [3.8, 4) is 11.5 Å². The van der Waals surface area contributed by atoms with Crippen LogP contribution in [0.1, 0.15) is 47.9 Å². The van der Waals surface area contributed by atoms with E-state index < -0.39 is 0 Å². The second-order valence-corrected chi connectivity index (χ2v) is 9.81. The average molecular weight is 502 g/mol. The van der Waals surface area contributed by atoms with Crippen LogP contribution in [-0.4, -0.2) is 37.0 Å². The van der Waals surface area contributed by atoms with Crippen molar-refractivity contribution in [2.45, 2.75) is 63.9 Å². The van der Waals surface area contributed by atoms with Crippen molar-refractivity contribution >= 4 is 5.91 Å². The van der Waals surface area contributed by atoms with Crippen molar-refractivity contribution in [2.24, 2.45) is 5.73 Å². The minimum absolute atomic E-state index is 0.143. The van der Waals surface area contributed by atoms with E-state index in [0.29, 0.717) is 43.7 Å². The summed E-state index contributed by atoms with van der Waals surface area (Å²) in [7, 11) is 3.60. The molecule has 196 valence electrons. The zero-order chi connectivity index (χ0) is 26.0. The van der Waals surface area contributed by atoms with E-state index in [0.717, 1.165) is 35.1 Å². The van der Waals surface area contributed by atoms with E-state index in [2.05, 4.69) is 17.4 Å². The van der Waals surface area contributed by atoms with Crippen LogP contribution in [0.15, 0.2) is 72.8 Å². The number of amides is 1. The van der Waals surface area contributed by atoms with Gasteiger partial charge in [0.05, 0.1) is 13.2 Å². The van der Waals surface area contributed by atoms with Gasteiger partial charge in [0.2, 0.25) is 5.91 Å². The second-order valence-electron chi connectivity index (χ2n) is 9.81. The molecule has 3 N–H and O–H groups in total. The van der Waals surface area contributed by atoms with Gasteiger partial charge in [-0.2, -0.15) is 0 Å². The number of nitrogens with zero attached hydrogens (tertiary/aromatic N) is 1. The summed E-state index contributed by atoms with van der Waals surface area (Å²) >= 11 is 0. The maximum absolute atomic E-state index is 13.6. The first kappa shape index (κ1) is 26.7. The highest BCUT2D eigenvalue weighted by molar-refractivity contribution is 5.82. The van der Waals surface area contributed by atoms with Crippen LogP contribution in [0.2, 0.25) is 0 Å². The molecule has 37 heavy (non-hydrogen) atoms. The Balaban J connectivity index is 1.44. The van der Waals surface area contributed by atoms with E-state index in [-0.39, 0.29) is 11.9 Å². The van der Waals surface area contributed by atoms with Gasteiger partial charge in [-0.05, 0) is 53.6 Å². The number of ether oxygens (including phenoxy) is 2. The van der Waals surface area contributed by atoms with Crippen molar-refractivity contribution in [3.05, 3.63) is 95.1 Å². The van der Waals surface area contributed by atoms with Crippen LogP contribution >= 0.6 is 0 Å². The van der Waals surface area contributed by atoms with Gasteiger partial charge in [-0.3, -0.25) is 4.79 Å². The van der Waals surface area contributed by atoms with E-state index in [4.69, 9.17) is 15.2 Å². The van der Waals surface area contributed by atoms with Gasteiger partial charge < -0.3 is 25.4 Å². The molecule has 3 aromatic carbocycles. The summed E-state index contributed by atoms with van der Waals surface area (Å²) < 4.78 is 11.6. The zero-order valence-corrected chi connectivity index (χ0v) is 22.0. The summed E-state index contributed by atoms with van der Waals surface area (Å²) in [5.74, 6) is 1.52. The van der Waals surface area contributed by atoms with Gasteiger partial charge in [-0.25, -0.2) is 0 Å². The molecular formula is C31H39N3O3. The summed E-state index contributed by atoms with van der Waals surface area (Å²) in [5.41, 5.74) is 10.1. The van der Waals surface area contributed by atoms with E-state index in [1.165, 1.54) is 12.8 Å². The average Bonchev–Trinajstić information content (AvgIpc) is 3.49. The summed E-state index contributed by atoms with van der Waals surface area (Å²) in [4.78, 5) is 15.5. The number of rotatable bonds is 12. The Labute approximate surface area is 220 Å². The molecule has 0 radical (unpaired) electrons. The van der Waals surface area contributed by atoms with Crippen molar-refractivity contribution in [1.82, 2.24) is 10.2 Å². The largest absolute Gasteiger partial charge is 0.493 e. The van der Waals surface area contributed by atoms with E-state index >= 15 is 0 Å². The number of benzene rings is 3. The predicted octanol–water partition coefficient (Wildman–Crippen LogP) is 4.83. The molecule has 1 fully saturated rings. The Morgan fingerprint density at radius 1 is 0.946 bits per heavy atom. The lowest BCUT2D eigenvalue weighted by atomic mass is 10.0. The number of carbonyl (C=O) groups is 1. The van der Waals surface area contributed by atoms with Crippen LogP contribution in [-0.2, 0) is 30.9 Å². The first-order chi connectivity index (χ1) is 18.1. The molecule has 1 saturated carbocycles. The molecule has 4 rings (SSSR count). The minimum Gasteiger partial charge on any atom is -0.493 e. The summed E-state index contributed by atoms with van der Waals surface area (Å²) in [6, 6.07) is 24.2. The zero-order valence-electron chi connectivity index (χ0n) is 22.0. The topological polar surface area (TPSA) is 76.8 Å². The lowest BCUT2D eigenvalue weighted by Gasteiger charge is -2.29. The molecule has 0 aromatic heterocycles. The number of nitrogens with one attached hydrogen (secondary N) is 1. The smallest absolute Gasteiger partial charge is 0.240 e. The molecule has 0 saturated heterocycles. The molecule has 0 spiro atoms. The fraction of sp³-hybridized carbons (Fsp3) is 0.387. The van der Waals surface area contributed by atoms with Gasteiger partial charge in [-0.1, -0.05) is 73.5 Å². The molecule has 0 heterocycles.